The highest BCUT2D eigenvalue weighted by atomic mass is 35.5. The van der Waals surface area contributed by atoms with Crippen LogP contribution in [0.4, 0.5) is 5.69 Å². The fraction of sp³-hybridized carbons (Fsp3) is 0.0588. The molecule has 24 heavy (non-hydrogen) atoms. The van der Waals surface area contributed by atoms with Gasteiger partial charge in [-0.25, -0.2) is 0 Å². The van der Waals surface area contributed by atoms with Gasteiger partial charge in [-0.15, -0.1) is 0 Å². The standard InChI is InChI=1S/C17H12Cl2N2O3/c1-24-16-5-2-10(7-15(16)22)6-11(9-20)17(23)21-12-3-4-13(18)14(19)8-12/h2-8,22H,1H3,(H,21,23)/b11-6-. The third-order valence-corrected chi connectivity index (χ3v) is 3.80. The van der Waals surface area contributed by atoms with Gasteiger partial charge in [-0.2, -0.15) is 5.26 Å². The van der Waals surface area contributed by atoms with Crippen molar-refractivity contribution in [2.24, 2.45) is 0 Å². The zero-order chi connectivity index (χ0) is 17.7. The van der Waals surface area contributed by atoms with Crippen LogP contribution in [0.15, 0.2) is 42.0 Å². The number of hydrogen-bond acceptors (Lipinski definition) is 4. The molecule has 0 aromatic heterocycles. The third kappa shape index (κ3) is 4.19. The van der Waals surface area contributed by atoms with Crippen LogP contribution in [-0.4, -0.2) is 18.1 Å². The zero-order valence-electron chi connectivity index (χ0n) is 12.5. The first-order chi connectivity index (χ1) is 11.4. The summed E-state index contributed by atoms with van der Waals surface area (Å²) in [5.41, 5.74) is 0.757. The maximum absolute atomic E-state index is 12.2. The number of nitriles is 1. The Labute approximate surface area is 148 Å². The first kappa shape index (κ1) is 17.7. The topological polar surface area (TPSA) is 82.3 Å². The Bertz CT molecular complexity index is 857. The van der Waals surface area contributed by atoms with Crippen LogP contribution in [0.25, 0.3) is 6.08 Å². The maximum Gasteiger partial charge on any atom is 0.266 e. The summed E-state index contributed by atoms with van der Waals surface area (Å²) in [6.07, 6.45) is 1.35. The predicted molar refractivity (Wildman–Crippen MR) is 93.3 cm³/mol. The van der Waals surface area contributed by atoms with Gasteiger partial charge >= 0.3 is 0 Å². The van der Waals surface area contributed by atoms with Crippen LogP contribution in [0, 0.1) is 11.3 Å². The molecular weight excluding hydrogens is 351 g/mol. The molecule has 2 aromatic rings. The van der Waals surface area contributed by atoms with Crippen LogP contribution in [0.1, 0.15) is 5.56 Å². The van der Waals surface area contributed by atoms with Gasteiger partial charge in [0, 0.05) is 5.69 Å². The summed E-state index contributed by atoms with van der Waals surface area (Å²) in [6, 6.07) is 11.0. The Kier molecular flexibility index (Phi) is 5.69. The van der Waals surface area contributed by atoms with E-state index in [0.29, 0.717) is 22.0 Å². The molecule has 1 amide bonds. The first-order valence-corrected chi connectivity index (χ1v) is 7.45. The fourth-order valence-electron chi connectivity index (χ4n) is 1.88. The lowest BCUT2D eigenvalue weighted by Gasteiger charge is -2.06. The Morgan fingerprint density at radius 2 is 2.00 bits per heavy atom. The van der Waals surface area contributed by atoms with Gasteiger partial charge in [0.05, 0.1) is 17.2 Å². The molecule has 2 aromatic carbocycles. The van der Waals surface area contributed by atoms with E-state index in [9.17, 15) is 15.2 Å². The number of aromatic hydroxyl groups is 1. The second-order valence-electron chi connectivity index (χ2n) is 4.68. The SMILES string of the molecule is COc1ccc(/C=C(/C#N)C(=O)Nc2ccc(Cl)c(Cl)c2)cc1O. The van der Waals surface area contributed by atoms with E-state index in [2.05, 4.69) is 5.32 Å². The molecule has 0 spiro atoms. The van der Waals surface area contributed by atoms with E-state index >= 15 is 0 Å². The van der Waals surface area contributed by atoms with E-state index in [1.807, 2.05) is 6.07 Å². The molecule has 2 rings (SSSR count). The van der Waals surface area contributed by atoms with Crippen molar-refractivity contribution in [3.63, 3.8) is 0 Å². The lowest BCUT2D eigenvalue weighted by molar-refractivity contribution is -0.112. The average molecular weight is 363 g/mol. The number of rotatable bonds is 4. The molecule has 7 heteroatoms. The number of ether oxygens (including phenoxy) is 1. The average Bonchev–Trinajstić information content (AvgIpc) is 2.56. The van der Waals surface area contributed by atoms with Crippen LogP contribution < -0.4 is 10.1 Å². The monoisotopic (exact) mass is 362 g/mol. The highest BCUT2D eigenvalue weighted by Gasteiger charge is 2.11. The molecule has 0 aliphatic carbocycles. The number of nitrogens with one attached hydrogen (secondary N) is 1. The minimum absolute atomic E-state index is 0.0894. The summed E-state index contributed by atoms with van der Waals surface area (Å²) >= 11 is 11.7. The summed E-state index contributed by atoms with van der Waals surface area (Å²) in [4.78, 5) is 12.2. The molecule has 0 aliphatic rings. The number of phenolic OH excluding ortho intramolecular Hbond substituents is 1. The number of phenols is 1. The molecule has 122 valence electrons. The number of nitrogens with zero attached hydrogens (tertiary/aromatic N) is 1. The van der Waals surface area contributed by atoms with Crippen LogP contribution in [0.3, 0.4) is 0 Å². The maximum atomic E-state index is 12.2. The highest BCUT2D eigenvalue weighted by molar-refractivity contribution is 6.42. The number of amides is 1. The van der Waals surface area contributed by atoms with Gasteiger partial charge in [0.25, 0.3) is 5.91 Å². The number of carbonyl (C=O) groups is 1. The third-order valence-electron chi connectivity index (χ3n) is 3.06. The second kappa shape index (κ2) is 7.73. The molecule has 0 bridgehead atoms. The van der Waals surface area contributed by atoms with E-state index in [1.165, 1.54) is 37.5 Å². The molecule has 0 heterocycles. The summed E-state index contributed by atoms with van der Waals surface area (Å²) in [7, 11) is 1.43. The van der Waals surface area contributed by atoms with Crippen molar-refractivity contribution in [3.05, 3.63) is 57.6 Å². The molecule has 2 N–H and O–H groups in total. The van der Waals surface area contributed by atoms with Gasteiger partial charge in [0.2, 0.25) is 0 Å². The molecule has 0 radical (unpaired) electrons. The van der Waals surface area contributed by atoms with Crippen molar-refractivity contribution in [2.45, 2.75) is 0 Å². The lowest BCUT2D eigenvalue weighted by atomic mass is 10.1. The van der Waals surface area contributed by atoms with E-state index in [4.69, 9.17) is 27.9 Å². The normalized spacial score (nSPS) is 10.8. The summed E-state index contributed by atoms with van der Waals surface area (Å²) in [6.45, 7) is 0. The van der Waals surface area contributed by atoms with Crippen molar-refractivity contribution in [1.82, 2.24) is 0 Å². The number of benzene rings is 2. The number of anilines is 1. The van der Waals surface area contributed by atoms with E-state index in [1.54, 1.807) is 12.1 Å². The minimum Gasteiger partial charge on any atom is -0.504 e. The van der Waals surface area contributed by atoms with Gasteiger partial charge in [-0.1, -0.05) is 29.3 Å². The molecule has 0 atom stereocenters. The van der Waals surface area contributed by atoms with E-state index in [-0.39, 0.29) is 16.3 Å². The van der Waals surface area contributed by atoms with Crippen molar-refractivity contribution in [3.8, 4) is 17.6 Å². The number of halogens is 2. The zero-order valence-corrected chi connectivity index (χ0v) is 14.0. The van der Waals surface area contributed by atoms with Gasteiger partial charge in [0.1, 0.15) is 11.6 Å². The number of methoxy groups -OCH3 is 1. The van der Waals surface area contributed by atoms with Gasteiger partial charge in [-0.3, -0.25) is 4.79 Å². The van der Waals surface area contributed by atoms with Gasteiger partial charge in [0.15, 0.2) is 11.5 Å². The highest BCUT2D eigenvalue weighted by Crippen LogP contribution is 2.28. The Morgan fingerprint density at radius 1 is 1.25 bits per heavy atom. The van der Waals surface area contributed by atoms with Crippen molar-refractivity contribution < 1.29 is 14.6 Å². The molecule has 0 aliphatic heterocycles. The Morgan fingerprint density at radius 3 is 2.58 bits per heavy atom. The lowest BCUT2D eigenvalue weighted by Crippen LogP contribution is -2.13. The molecule has 0 saturated carbocycles. The largest absolute Gasteiger partial charge is 0.504 e. The fourth-order valence-corrected chi connectivity index (χ4v) is 2.18. The smallest absolute Gasteiger partial charge is 0.266 e. The molecule has 0 unspecified atom stereocenters. The van der Waals surface area contributed by atoms with Crippen LogP contribution >= 0.6 is 23.2 Å². The molecule has 0 fully saturated rings. The van der Waals surface area contributed by atoms with Gasteiger partial charge < -0.3 is 15.2 Å². The number of carbonyl (C=O) groups excluding carboxylic acids is 1. The Hall–Kier alpha value is -2.68. The summed E-state index contributed by atoms with van der Waals surface area (Å²) in [5, 5.41) is 22.1. The molecule has 0 saturated heterocycles. The minimum atomic E-state index is -0.605. The molecular formula is C17H12Cl2N2O3. The first-order valence-electron chi connectivity index (χ1n) is 6.70. The molecule has 5 nitrogen and oxygen atoms in total. The predicted octanol–water partition coefficient (Wildman–Crippen LogP) is 4.25. The Balaban J connectivity index is 2.23. The number of hydrogen-bond donors (Lipinski definition) is 2. The summed E-state index contributed by atoms with van der Waals surface area (Å²) < 4.78 is 4.94. The van der Waals surface area contributed by atoms with E-state index in [0.717, 1.165) is 0 Å². The summed E-state index contributed by atoms with van der Waals surface area (Å²) in [5.74, 6) is -0.398. The van der Waals surface area contributed by atoms with Crippen LogP contribution in [0.2, 0.25) is 10.0 Å². The van der Waals surface area contributed by atoms with Gasteiger partial charge in [-0.05, 0) is 42.0 Å². The van der Waals surface area contributed by atoms with Crippen molar-refractivity contribution >= 4 is 40.9 Å². The second-order valence-corrected chi connectivity index (χ2v) is 5.50. The quantitative estimate of drug-likeness (QED) is 0.628. The van der Waals surface area contributed by atoms with E-state index < -0.39 is 5.91 Å². The van der Waals surface area contributed by atoms with Crippen molar-refractivity contribution in [2.75, 3.05) is 12.4 Å². The van der Waals surface area contributed by atoms with Crippen LogP contribution in [-0.2, 0) is 4.79 Å². The van der Waals surface area contributed by atoms with Crippen molar-refractivity contribution in [1.29, 1.82) is 5.26 Å². The van der Waals surface area contributed by atoms with Crippen LogP contribution in [0.5, 0.6) is 11.5 Å².